The van der Waals surface area contributed by atoms with Crippen molar-refractivity contribution in [3.05, 3.63) is 28.2 Å². The number of hydrogen-bond acceptors (Lipinski definition) is 3. The Hall–Kier alpha value is -1.46. The molecule has 5 nitrogen and oxygen atoms in total. The molecule has 0 fully saturated rings. The van der Waals surface area contributed by atoms with Crippen LogP contribution in [0, 0.1) is 0 Å². The maximum Gasteiger partial charge on any atom is 0.323 e. The zero-order valence-corrected chi connectivity index (χ0v) is 10.8. The molecule has 0 aromatic heterocycles. The van der Waals surface area contributed by atoms with E-state index in [0.717, 1.165) is 0 Å². The molecule has 1 rings (SSSR count). The molecule has 0 aliphatic rings. The summed E-state index contributed by atoms with van der Waals surface area (Å²) >= 11 is 11.6. The molecule has 1 aromatic carbocycles. The molecule has 18 heavy (non-hydrogen) atoms. The van der Waals surface area contributed by atoms with Crippen molar-refractivity contribution in [2.24, 2.45) is 0 Å². The third kappa shape index (κ3) is 4.81. The average molecular weight is 292 g/mol. The van der Waals surface area contributed by atoms with E-state index < -0.39 is 11.9 Å². The van der Waals surface area contributed by atoms with Gasteiger partial charge in [-0.15, -0.1) is 0 Å². The Labute approximate surface area is 114 Å². The average Bonchev–Trinajstić information content (AvgIpc) is 2.22. The summed E-state index contributed by atoms with van der Waals surface area (Å²) in [6.45, 7) is -0.248. The molecule has 0 atom stereocenters. The monoisotopic (exact) mass is 291 g/mol. The number of carbonyl (C=O) groups is 2. The quantitative estimate of drug-likeness (QED) is 0.841. The van der Waals surface area contributed by atoms with E-state index in [0.29, 0.717) is 15.7 Å². The van der Waals surface area contributed by atoms with Crippen LogP contribution < -0.4 is 4.90 Å². The van der Waals surface area contributed by atoms with Crippen LogP contribution in [0.1, 0.15) is 6.42 Å². The molecule has 0 spiro atoms. The van der Waals surface area contributed by atoms with Crippen molar-refractivity contribution in [2.45, 2.75) is 6.42 Å². The second kappa shape index (κ2) is 6.47. The third-order valence-corrected chi connectivity index (χ3v) is 2.57. The summed E-state index contributed by atoms with van der Waals surface area (Å²) in [5, 5.41) is 18.1. The topological polar surface area (TPSA) is 77.8 Å². The molecule has 0 bridgehead atoms. The van der Waals surface area contributed by atoms with Crippen molar-refractivity contribution in [1.82, 2.24) is 0 Å². The predicted molar refractivity (Wildman–Crippen MR) is 68.6 cm³/mol. The Balaban J connectivity index is 2.92. The number of halogens is 2. The van der Waals surface area contributed by atoms with Gasteiger partial charge in [0.25, 0.3) is 0 Å². The van der Waals surface area contributed by atoms with Gasteiger partial charge < -0.3 is 15.1 Å². The van der Waals surface area contributed by atoms with Crippen molar-refractivity contribution in [3.63, 3.8) is 0 Å². The summed E-state index contributed by atoms with van der Waals surface area (Å²) in [5.74, 6) is -2.06. The fraction of sp³-hybridized carbons (Fsp3) is 0.273. The number of anilines is 1. The van der Waals surface area contributed by atoms with Crippen molar-refractivity contribution in [2.75, 3.05) is 18.0 Å². The highest BCUT2D eigenvalue weighted by atomic mass is 35.5. The molecule has 0 heterocycles. The first-order valence-corrected chi connectivity index (χ1v) is 5.78. The molecule has 7 heteroatoms. The normalized spacial score (nSPS) is 10.1. The minimum Gasteiger partial charge on any atom is -0.481 e. The molecule has 98 valence electrons. The van der Waals surface area contributed by atoms with E-state index in [9.17, 15) is 9.59 Å². The Morgan fingerprint density at radius 2 is 1.61 bits per heavy atom. The molecular formula is C11H11Cl2NO4. The summed E-state index contributed by atoms with van der Waals surface area (Å²) < 4.78 is 0. The summed E-state index contributed by atoms with van der Waals surface area (Å²) in [4.78, 5) is 22.7. The van der Waals surface area contributed by atoms with Gasteiger partial charge in [-0.1, -0.05) is 23.2 Å². The second-order valence-corrected chi connectivity index (χ2v) is 4.46. The fourth-order valence-corrected chi connectivity index (χ4v) is 1.93. The Morgan fingerprint density at radius 3 is 2.06 bits per heavy atom. The molecule has 0 saturated heterocycles. The van der Waals surface area contributed by atoms with Gasteiger partial charge in [0.15, 0.2) is 0 Å². The third-order valence-electron chi connectivity index (χ3n) is 2.13. The second-order valence-electron chi connectivity index (χ2n) is 3.59. The molecular weight excluding hydrogens is 281 g/mol. The van der Waals surface area contributed by atoms with Crippen LogP contribution >= 0.6 is 23.2 Å². The van der Waals surface area contributed by atoms with Gasteiger partial charge in [0.2, 0.25) is 0 Å². The van der Waals surface area contributed by atoms with Gasteiger partial charge in [0, 0.05) is 22.3 Å². The van der Waals surface area contributed by atoms with Crippen LogP contribution in [0.15, 0.2) is 18.2 Å². The van der Waals surface area contributed by atoms with Crippen molar-refractivity contribution in [1.29, 1.82) is 0 Å². The zero-order valence-electron chi connectivity index (χ0n) is 9.27. The first-order valence-electron chi connectivity index (χ1n) is 5.03. The molecule has 0 radical (unpaired) electrons. The lowest BCUT2D eigenvalue weighted by Crippen LogP contribution is -2.31. The predicted octanol–water partition coefficient (Wildman–Crippen LogP) is 2.36. The van der Waals surface area contributed by atoms with Gasteiger partial charge in [0.1, 0.15) is 6.54 Å². The minimum atomic E-state index is -1.06. The molecule has 1 aromatic rings. The van der Waals surface area contributed by atoms with E-state index in [-0.39, 0.29) is 19.5 Å². The van der Waals surface area contributed by atoms with E-state index in [1.54, 1.807) is 0 Å². The molecule has 0 aliphatic carbocycles. The number of rotatable bonds is 6. The van der Waals surface area contributed by atoms with Crippen molar-refractivity contribution < 1.29 is 19.8 Å². The standard InChI is InChI=1S/C11H11Cl2NO4/c12-7-3-8(13)5-9(4-7)14(6-11(17)18)2-1-10(15)16/h3-5H,1-2,6H2,(H,15,16)(H,17,18). The summed E-state index contributed by atoms with van der Waals surface area (Å²) in [6.07, 6.45) is -0.169. The van der Waals surface area contributed by atoms with E-state index >= 15 is 0 Å². The number of nitrogens with zero attached hydrogens (tertiary/aromatic N) is 1. The smallest absolute Gasteiger partial charge is 0.323 e. The Morgan fingerprint density at radius 1 is 1.06 bits per heavy atom. The fourth-order valence-electron chi connectivity index (χ4n) is 1.42. The van der Waals surface area contributed by atoms with E-state index in [4.69, 9.17) is 33.4 Å². The van der Waals surface area contributed by atoms with Gasteiger partial charge in [0.05, 0.1) is 6.42 Å². The number of carboxylic acids is 2. The molecule has 0 aliphatic heterocycles. The van der Waals surface area contributed by atoms with Crippen LogP contribution in [-0.4, -0.2) is 35.2 Å². The van der Waals surface area contributed by atoms with Gasteiger partial charge in [-0.3, -0.25) is 9.59 Å². The van der Waals surface area contributed by atoms with E-state index in [2.05, 4.69) is 0 Å². The van der Waals surface area contributed by atoms with Crippen LogP contribution in [0.25, 0.3) is 0 Å². The van der Waals surface area contributed by atoms with Gasteiger partial charge in [-0.25, -0.2) is 0 Å². The Kier molecular flexibility index (Phi) is 5.25. The number of hydrogen-bond donors (Lipinski definition) is 2. The van der Waals surface area contributed by atoms with Gasteiger partial charge in [-0.05, 0) is 18.2 Å². The maximum absolute atomic E-state index is 10.7. The molecule has 0 saturated carbocycles. The molecule has 2 N–H and O–H groups in total. The summed E-state index contributed by atoms with van der Waals surface area (Å²) in [7, 11) is 0. The number of carboxylic acid groups (broad SMARTS) is 2. The lowest BCUT2D eigenvalue weighted by Gasteiger charge is -2.22. The van der Waals surface area contributed by atoms with Crippen LogP contribution in [0.2, 0.25) is 10.0 Å². The largest absolute Gasteiger partial charge is 0.481 e. The van der Waals surface area contributed by atoms with E-state index in [1.165, 1.54) is 23.1 Å². The SMILES string of the molecule is O=C(O)CCN(CC(=O)O)c1cc(Cl)cc(Cl)c1. The van der Waals surface area contributed by atoms with E-state index in [1.807, 2.05) is 0 Å². The lowest BCUT2D eigenvalue weighted by atomic mass is 10.2. The maximum atomic E-state index is 10.7. The highest BCUT2D eigenvalue weighted by Crippen LogP contribution is 2.25. The summed E-state index contributed by atoms with van der Waals surface area (Å²) in [6, 6.07) is 4.60. The van der Waals surface area contributed by atoms with Crippen LogP contribution in [0.4, 0.5) is 5.69 Å². The minimum absolute atomic E-state index is 0.0678. The van der Waals surface area contributed by atoms with Crippen LogP contribution in [0.5, 0.6) is 0 Å². The molecule has 0 unspecified atom stereocenters. The Bertz CT molecular complexity index is 444. The first-order chi connectivity index (χ1) is 8.38. The lowest BCUT2D eigenvalue weighted by molar-refractivity contribution is -0.138. The van der Waals surface area contributed by atoms with Crippen LogP contribution in [0.3, 0.4) is 0 Å². The molecule has 0 amide bonds. The number of aliphatic carboxylic acids is 2. The highest BCUT2D eigenvalue weighted by Gasteiger charge is 2.13. The van der Waals surface area contributed by atoms with Crippen molar-refractivity contribution >= 4 is 40.8 Å². The number of benzene rings is 1. The summed E-state index contributed by atoms with van der Waals surface area (Å²) in [5.41, 5.74) is 0.483. The zero-order chi connectivity index (χ0) is 13.7. The highest BCUT2D eigenvalue weighted by molar-refractivity contribution is 6.35. The van der Waals surface area contributed by atoms with Gasteiger partial charge in [-0.2, -0.15) is 0 Å². The van der Waals surface area contributed by atoms with Crippen molar-refractivity contribution in [3.8, 4) is 0 Å². The first kappa shape index (κ1) is 14.6. The van der Waals surface area contributed by atoms with Gasteiger partial charge >= 0.3 is 11.9 Å². The van der Waals surface area contributed by atoms with Crippen LogP contribution in [-0.2, 0) is 9.59 Å².